The maximum atomic E-state index is 12.6. The molecular weight excluding hydrogens is 422 g/mol. The Morgan fingerprint density at radius 1 is 1.30 bits per heavy atom. The number of rotatable bonds is 8. The number of nitrogens with two attached hydrogens (primary N) is 1. The summed E-state index contributed by atoms with van der Waals surface area (Å²) in [6, 6.07) is 4.33. The highest BCUT2D eigenvalue weighted by Gasteiger charge is 2.22. The topological polar surface area (TPSA) is 112 Å². The van der Waals surface area contributed by atoms with Gasteiger partial charge in [0, 0.05) is 34.0 Å². The average molecular weight is 441 g/mol. The van der Waals surface area contributed by atoms with Gasteiger partial charge in [0.15, 0.2) is 0 Å². The van der Waals surface area contributed by atoms with Gasteiger partial charge in [0.2, 0.25) is 5.78 Å². The smallest absolute Gasteiger partial charge is 0.326 e. The number of benzene rings is 1. The number of carbonyl (C=O) groups is 2. The van der Waals surface area contributed by atoms with Gasteiger partial charge in [0.05, 0.1) is 13.3 Å². The zero-order valence-corrected chi connectivity index (χ0v) is 16.8. The van der Waals surface area contributed by atoms with Crippen molar-refractivity contribution in [2.75, 3.05) is 7.11 Å². The van der Waals surface area contributed by atoms with E-state index >= 15 is 0 Å². The Bertz CT molecular complexity index is 1070. The molecule has 30 heavy (non-hydrogen) atoms. The molecule has 10 heteroatoms. The van der Waals surface area contributed by atoms with E-state index in [1.807, 2.05) is 0 Å². The lowest BCUT2D eigenvalue weighted by Gasteiger charge is -2.18. The number of ether oxygens (including phenoxy) is 1. The van der Waals surface area contributed by atoms with Crippen LogP contribution in [0.2, 0.25) is 5.02 Å². The molecule has 160 valence electrons. The monoisotopic (exact) mass is 440 g/mol. The summed E-state index contributed by atoms with van der Waals surface area (Å²) in [5, 5.41) is 9.60. The molecule has 0 aliphatic rings. The van der Waals surface area contributed by atoms with Crippen molar-refractivity contribution in [1.29, 1.82) is 0 Å². The number of carboxylic acids is 1. The number of aromatic nitrogens is 1. The Morgan fingerprint density at radius 3 is 2.50 bits per heavy atom. The number of carbonyl (C=O) groups excluding carboxylic acids is 1. The predicted octanol–water partition coefficient (Wildman–Crippen LogP) is 3.35. The van der Waals surface area contributed by atoms with Crippen LogP contribution in [0.4, 0.5) is 8.78 Å². The van der Waals surface area contributed by atoms with E-state index in [0.29, 0.717) is 6.08 Å². The first-order valence-corrected chi connectivity index (χ1v) is 9.10. The fourth-order valence-electron chi connectivity index (χ4n) is 2.92. The van der Waals surface area contributed by atoms with Gasteiger partial charge in [-0.25, -0.2) is 13.6 Å². The van der Waals surface area contributed by atoms with Gasteiger partial charge in [-0.05, 0) is 24.1 Å². The molecule has 1 atom stereocenters. The van der Waals surface area contributed by atoms with E-state index in [0.717, 1.165) is 10.6 Å². The van der Waals surface area contributed by atoms with E-state index in [1.54, 1.807) is 6.92 Å². The lowest BCUT2D eigenvalue weighted by Crippen LogP contribution is -2.29. The molecule has 0 aliphatic heterocycles. The minimum atomic E-state index is -3.22. The van der Waals surface area contributed by atoms with Crippen LogP contribution in [-0.4, -0.2) is 35.0 Å². The second-order valence-electron chi connectivity index (χ2n) is 6.26. The second kappa shape index (κ2) is 9.53. The normalized spacial score (nSPS) is 12.7. The number of allylic oxidation sites excluding steroid dienone is 1. The number of methoxy groups -OCH3 is 1. The molecule has 0 fully saturated rings. The number of halogens is 3. The first kappa shape index (κ1) is 23.1. The molecule has 0 saturated heterocycles. The minimum absolute atomic E-state index is 0.130. The van der Waals surface area contributed by atoms with Crippen molar-refractivity contribution in [3.63, 3.8) is 0 Å². The van der Waals surface area contributed by atoms with Crippen LogP contribution in [0.3, 0.4) is 0 Å². The number of carboxylic acid groups (broad SMARTS) is 1. The zero-order valence-electron chi connectivity index (χ0n) is 16.1. The summed E-state index contributed by atoms with van der Waals surface area (Å²) < 4.78 is 31.5. The lowest BCUT2D eigenvalue weighted by molar-refractivity contribution is -0.141. The molecule has 0 amide bonds. The molecular formula is C20H19ClF2N2O5. The van der Waals surface area contributed by atoms with Gasteiger partial charge in [-0.3, -0.25) is 14.2 Å². The highest BCUT2D eigenvalue weighted by molar-refractivity contribution is 6.31. The molecule has 7 nitrogen and oxygen atoms in total. The standard InChI is InChI=1S/C20H19ClF2N2O5/c1-3-15(20(28)29)25-9-17(30-2)13(7-18(25)27)12-6-10(21)4-5-11(12)14(24)8-16(26)19(22)23/h4-9,15,19H,3,24H2,1-2H3,(H,28,29). The number of hydrogen-bond donors (Lipinski definition) is 2. The van der Waals surface area contributed by atoms with E-state index in [-0.39, 0.29) is 39.6 Å². The zero-order chi connectivity index (χ0) is 22.6. The van der Waals surface area contributed by atoms with Gasteiger partial charge in [0.1, 0.15) is 11.8 Å². The molecule has 0 aliphatic carbocycles. The van der Waals surface area contributed by atoms with Gasteiger partial charge in [-0.1, -0.05) is 24.6 Å². The summed E-state index contributed by atoms with van der Waals surface area (Å²) in [5.74, 6) is -2.52. The van der Waals surface area contributed by atoms with Crippen molar-refractivity contribution < 1.29 is 28.2 Å². The third-order valence-electron chi connectivity index (χ3n) is 4.37. The van der Waals surface area contributed by atoms with Crippen LogP contribution in [0.1, 0.15) is 24.9 Å². The first-order chi connectivity index (χ1) is 14.1. The highest BCUT2D eigenvalue weighted by Crippen LogP contribution is 2.35. The third-order valence-corrected chi connectivity index (χ3v) is 4.60. The molecule has 1 heterocycles. The molecule has 0 radical (unpaired) electrons. The van der Waals surface area contributed by atoms with E-state index < -0.39 is 29.8 Å². The largest absolute Gasteiger partial charge is 0.495 e. The molecule has 0 bridgehead atoms. The van der Waals surface area contributed by atoms with Crippen LogP contribution < -0.4 is 16.0 Å². The molecule has 0 saturated carbocycles. The Morgan fingerprint density at radius 2 is 1.97 bits per heavy atom. The maximum absolute atomic E-state index is 12.6. The summed E-state index contributed by atoms with van der Waals surface area (Å²) in [6.45, 7) is 1.62. The first-order valence-electron chi connectivity index (χ1n) is 8.73. The fourth-order valence-corrected chi connectivity index (χ4v) is 3.09. The van der Waals surface area contributed by atoms with Crippen LogP contribution in [0.15, 0.2) is 41.3 Å². The number of alkyl halides is 2. The van der Waals surface area contributed by atoms with Gasteiger partial charge < -0.3 is 15.6 Å². The number of ketones is 1. The summed E-state index contributed by atoms with van der Waals surface area (Å²) in [7, 11) is 1.32. The molecule has 2 aromatic rings. The Hall–Kier alpha value is -3.20. The van der Waals surface area contributed by atoms with E-state index in [1.165, 1.54) is 31.5 Å². The Balaban J connectivity index is 2.74. The number of pyridine rings is 1. The van der Waals surface area contributed by atoms with Crippen LogP contribution in [0.25, 0.3) is 16.8 Å². The number of nitrogens with zero attached hydrogens (tertiary/aromatic N) is 1. The quantitative estimate of drug-likeness (QED) is 0.609. The molecule has 0 spiro atoms. The molecule has 1 aromatic heterocycles. The summed E-state index contributed by atoms with van der Waals surface area (Å²) in [5.41, 5.74) is 5.60. The van der Waals surface area contributed by atoms with Crippen LogP contribution >= 0.6 is 11.6 Å². The van der Waals surface area contributed by atoms with Crippen LogP contribution in [0.5, 0.6) is 5.75 Å². The highest BCUT2D eigenvalue weighted by atomic mass is 35.5. The van der Waals surface area contributed by atoms with Crippen LogP contribution in [-0.2, 0) is 9.59 Å². The number of aliphatic carboxylic acids is 1. The SMILES string of the molecule is CCC(C(=O)O)n1cc(OC)c(-c2cc(Cl)ccc2C(N)=CC(=O)C(F)F)cc1=O. The average Bonchev–Trinajstić information content (AvgIpc) is 2.68. The molecule has 1 aromatic carbocycles. The molecule has 2 rings (SSSR count). The van der Waals surface area contributed by atoms with Crippen molar-refractivity contribution in [1.82, 2.24) is 4.57 Å². The van der Waals surface area contributed by atoms with E-state index in [9.17, 15) is 28.3 Å². The third kappa shape index (κ3) is 4.85. The van der Waals surface area contributed by atoms with Crippen molar-refractivity contribution in [3.05, 3.63) is 57.5 Å². The van der Waals surface area contributed by atoms with E-state index in [4.69, 9.17) is 22.1 Å². The molecule has 1 unspecified atom stereocenters. The minimum Gasteiger partial charge on any atom is -0.495 e. The molecule has 3 N–H and O–H groups in total. The van der Waals surface area contributed by atoms with Crippen molar-refractivity contribution in [2.45, 2.75) is 25.8 Å². The Labute approximate surface area is 175 Å². The van der Waals surface area contributed by atoms with Crippen molar-refractivity contribution in [3.8, 4) is 16.9 Å². The summed E-state index contributed by atoms with van der Waals surface area (Å²) >= 11 is 6.06. The lowest BCUT2D eigenvalue weighted by atomic mass is 9.97. The Kier molecular flexibility index (Phi) is 7.33. The summed E-state index contributed by atoms with van der Waals surface area (Å²) in [6.07, 6.45) is -1.22. The number of hydrogen-bond acceptors (Lipinski definition) is 5. The second-order valence-corrected chi connectivity index (χ2v) is 6.69. The predicted molar refractivity (Wildman–Crippen MR) is 108 cm³/mol. The van der Waals surface area contributed by atoms with Crippen LogP contribution in [0, 0.1) is 0 Å². The van der Waals surface area contributed by atoms with Gasteiger partial charge in [-0.15, -0.1) is 0 Å². The van der Waals surface area contributed by atoms with Gasteiger partial charge in [0.25, 0.3) is 12.0 Å². The maximum Gasteiger partial charge on any atom is 0.326 e. The fraction of sp³-hybridized carbons (Fsp3) is 0.250. The van der Waals surface area contributed by atoms with Crippen molar-refractivity contribution >= 4 is 29.1 Å². The van der Waals surface area contributed by atoms with E-state index in [2.05, 4.69) is 0 Å². The van der Waals surface area contributed by atoms with Crippen molar-refractivity contribution in [2.24, 2.45) is 5.73 Å². The summed E-state index contributed by atoms with van der Waals surface area (Å²) in [4.78, 5) is 35.4. The van der Waals surface area contributed by atoms with Gasteiger partial charge >= 0.3 is 5.97 Å². The van der Waals surface area contributed by atoms with Gasteiger partial charge in [-0.2, -0.15) is 0 Å².